The molecule has 1 N–H and O–H groups in total. The third-order valence-electron chi connectivity index (χ3n) is 3.33. The van der Waals surface area contributed by atoms with Crippen LogP contribution >= 0.6 is 11.6 Å². The summed E-state index contributed by atoms with van der Waals surface area (Å²) < 4.78 is 0. The number of carbonyl (C=O) groups is 2. The van der Waals surface area contributed by atoms with Crippen LogP contribution in [-0.4, -0.2) is 30.2 Å². The number of likely N-dealkylation sites (N-methyl/N-ethyl adjacent to an activating group) is 1. The number of rotatable bonds is 6. The highest BCUT2D eigenvalue weighted by Crippen LogP contribution is 2.12. The lowest BCUT2D eigenvalue weighted by Gasteiger charge is -2.16. The van der Waals surface area contributed by atoms with Crippen molar-refractivity contribution in [3.8, 4) is 0 Å². The Bertz CT molecular complexity index is 698. The van der Waals surface area contributed by atoms with Gasteiger partial charge in [-0.25, -0.2) is 0 Å². The maximum Gasteiger partial charge on any atom is 0.238 e. The molecule has 4 nitrogen and oxygen atoms in total. The summed E-state index contributed by atoms with van der Waals surface area (Å²) in [6.07, 6.45) is 0. The van der Waals surface area contributed by atoms with Crippen molar-refractivity contribution in [1.82, 2.24) is 4.90 Å². The molecule has 0 spiro atoms. The molecular formula is C18H19ClN2O2. The van der Waals surface area contributed by atoms with Gasteiger partial charge in [0.05, 0.1) is 6.54 Å². The fraction of sp³-hybridized carbons (Fsp3) is 0.222. The molecule has 0 saturated carbocycles. The molecule has 0 aliphatic carbocycles. The fourth-order valence-corrected chi connectivity index (χ4v) is 2.34. The monoisotopic (exact) mass is 330 g/mol. The largest absolute Gasteiger partial charge is 0.325 e. The molecule has 2 rings (SSSR count). The van der Waals surface area contributed by atoms with Crippen LogP contribution in [0.3, 0.4) is 0 Å². The summed E-state index contributed by atoms with van der Waals surface area (Å²) in [7, 11) is 1.88. The van der Waals surface area contributed by atoms with Gasteiger partial charge in [-0.3, -0.25) is 14.5 Å². The van der Waals surface area contributed by atoms with Crippen LogP contribution in [0.2, 0.25) is 5.02 Å². The van der Waals surface area contributed by atoms with Gasteiger partial charge in [0.1, 0.15) is 0 Å². The van der Waals surface area contributed by atoms with E-state index in [9.17, 15) is 9.59 Å². The van der Waals surface area contributed by atoms with Crippen molar-refractivity contribution < 1.29 is 9.59 Å². The first kappa shape index (κ1) is 17.2. The number of benzene rings is 2. The molecule has 120 valence electrons. The van der Waals surface area contributed by atoms with Gasteiger partial charge in [-0.1, -0.05) is 35.9 Å². The molecule has 0 aliphatic rings. The highest BCUT2D eigenvalue weighted by Gasteiger charge is 2.08. The first-order chi connectivity index (χ1) is 10.9. The Balaban J connectivity index is 1.90. The minimum atomic E-state index is -0.123. The van der Waals surface area contributed by atoms with E-state index >= 15 is 0 Å². The number of hydrogen-bond acceptors (Lipinski definition) is 3. The Morgan fingerprint density at radius 3 is 2.48 bits per heavy atom. The first-order valence-corrected chi connectivity index (χ1v) is 7.65. The molecule has 0 radical (unpaired) electrons. The highest BCUT2D eigenvalue weighted by molar-refractivity contribution is 6.30. The van der Waals surface area contributed by atoms with Crippen LogP contribution in [0.4, 0.5) is 5.69 Å². The van der Waals surface area contributed by atoms with Crippen LogP contribution in [0.25, 0.3) is 0 Å². The predicted molar refractivity (Wildman–Crippen MR) is 92.9 cm³/mol. The Morgan fingerprint density at radius 1 is 1.13 bits per heavy atom. The Hall–Kier alpha value is -2.17. The van der Waals surface area contributed by atoms with Crippen molar-refractivity contribution in [2.45, 2.75) is 13.5 Å². The van der Waals surface area contributed by atoms with Gasteiger partial charge in [-0.05, 0) is 43.8 Å². The molecule has 23 heavy (non-hydrogen) atoms. The molecule has 0 aromatic heterocycles. The zero-order valence-electron chi connectivity index (χ0n) is 13.2. The average molecular weight is 331 g/mol. The lowest BCUT2D eigenvalue weighted by Crippen LogP contribution is -2.29. The number of anilines is 1. The van der Waals surface area contributed by atoms with E-state index in [1.807, 2.05) is 36.2 Å². The first-order valence-electron chi connectivity index (χ1n) is 7.28. The minimum Gasteiger partial charge on any atom is -0.325 e. The normalized spacial score (nSPS) is 10.6. The number of hydrogen-bond donors (Lipinski definition) is 1. The second-order valence-corrected chi connectivity index (χ2v) is 5.92. The molecule has 5 heteroatoms. The SMILES string of the molecule is CC(=O)c1cccc(NC(=O)CN(C)Cc2ccc(Cl)cc2)c1. The van der Waals surface area contributed by atoms with Crippen LogP contribution in [-0.2, 0) is 11.3 Å². The number of halogens is 1. The van der Waals surface area contributed by atoms with E-state index in [4.69, 9.17) is 11.6 Å². The van der Waals surface area contributed by atoms with Crippen molar-refractivity contribution >= 4 is 29.0 Å². The van der Waals surface area contributed by atoms with Gasteiger partial charge in [-0.15, -0.1) is 0 Å². The summed E-state index contributed by atoms with van der Waals surface area (Å²) in [5.41, 5.74) is 2.29. The van der Waals surface area contributed by atoms with E-state index in [1.54, 1.807) is 24.3 Å². The van der Waals surface area contributed by atoms with Crippen LogP contribution < -0.4 is 5.32 Å². The summed E-state index contributed by atoms with van der Waals surface area (Å²) in [4.78, 5) is 25.4. The van der Waals surface area contributed by atoms with Crippen LogP contribution in [0, 0.1) is 0 Å². The van der Waals surface area contributed by atoms with Crippen LogP contribution in [0.5, 0.6) is 0 Å². The zero-order valence-corrected chi connectivity index (χ0v) is 13.9. The number of carbonyl (C=O) groups excluding carboxylic acids is 2. The smallest absolute Gasteiger partial charge is 0.238 e. The third-order valence-corrected chi connectivity index (χ3v) is 3.58. The molecule has 0 fully saturated rings. The minimum absolute atomic E-state index is 0.0269. The van der Waals surface area contributed by atoms with Crippen molar-refractivity contribution in [2.24, 2.45) is 0 Å². The van der Waals surface area contributed by atoms with E-state index in [1.165, 1.54) is 6.92 Å². The zero-order chi connectivity index (χ0) is 16.8. The van der Waals surface area contributed by atoms with Gasteiger partial charge in [0.2, 0.25) is 5.91 Å². The number of nitrogens with zero attached hydrogens (tertiary/aromatic N) is 1. The summed E-state index contributed by atoms with van der Waals surface area (Å²) in [6, 6.07) is 14.5. The summed E-state index contributed by atoms with van der Waals surface area (Å²) >= 11 is 5.86. The van der Waals surface area contributed by atoms with Crippen LogP contribution in [0.15, 0.2) is 48.5 Å². The quantitative estimate of drug-likeness (QED) is 0.823. The molecule has 0 bridgehead atoms. The number of ketones is 1. The van der Waals surface area contributed by atoms with Crippen molar-refractivity contribution in [3.05, 3.63) is 64.7 Å². The number of nitrogens with one attached hydrogen (secondary N) is 1. The van der Waals surface area contributed by atoms with E-state index in [0.717, 1.165) is 5.56 Å². The van der Waals surface area contributed by atoms with Crippen molar-refractivity contribution in [3.63, 3.8) is 0 Å². The van der Waals surface area contributed by atoms with E-state index in [-0.39, 0.29) is 18.2 Å². The standard InChI is InChI=1S/C18H19ClN2O2/c1-13(22)15-4-3-5-17(10-15)20-18(23)12-21(2)11-14-6-8-16(19)9-7-14/h3-10H,11-12H2,1-2H3,(H,20,23). The van der Waals surface area contributed by atoms with Crippen molar-refractivity contribution in [1.29, 1.82) is 0 Å². The predicted octanol–water partition coefficient (Wildman–Crippen LogP) is 3.61. The van der Waals surface area contributed by atoms with Gasteiger partial charge in [0.15, 0.2) is 5.78 Å². The second kappa shape index (κ2) is 7.90. The Kier molecular flexibility index (Phi) is 5.90. The fourth-order valence-electron chi connectivity index (χ4n) is 2.22. The van der Waals surface area contributed by atoms with E-state index in [2.05, 4.69) is 5.32 Å². The Morgan fingerprint density at radius 2 is 1.83 bits per heavy atom. The molecular weight excluding hydrogens is 312 g/mol. The molecule has 0 heterocycles. The van der Waals surface area contributed by atoms with Gasteiger partial charge in [-0.2, -0.15) is 0 Å². The van der Waals surface area contributed by atoms with Crippen molar-refractivity contribution in [2.75, 3.05) is 18.9 Å². The van der Waals surface area contributed by atoms with Crippen LogP contribution in [0.1, 0.15) is 22.8 Å². The van der Waals surface area contributed by atoms with Gasteiger partial charge < -0.3 is 5.32 Å². The van der Waals surface area contributed by atoms with Gasteiger partial charge in [0.25, 0.3) is 0 Å². The lowest BCUT2D eigenvalue weighted by atomic mass is 10.1. The van der Waals surface area contributed by atoms with E-state index in [0.29, 0.717) is 22.8 Å². The summed E-state index contributed by atoms with van der Waals surface area (Å²) in [5, 5.41) is 3.50. The summed E-state index contributed by atoms with van der Waals surface area (Å²) in [6.45, 7) is 2.41. The molecule has 2 aromatic rings. The maximum atomic E-state index is 12.1. The molecule has 1 amide bonds. The molecule has 0 aliphatic heterocycles. The number of Topliss-reactive ketones (excluding diaryl/α,β-unsaturated/α-hetero) is 1. The topological polar surface area (TPSA) is 49.4 Å². The molecule has 0 atom stereocenters. The molecule has 2 aromatic carbocycles. The highest BCUT2D eigenvalue weighted by atomic mass is 35.5. The maximum absolute atomic E-state index is 12.1. The molecule has 0 unspecified atom stereocenters. The van der Waals surface area contributed by atoms with E-state index < -0.39 is 0 Å². The third kappa shape index (κ3) is 5.51. The Labute approximate surface area is 141 Å². The van der Waals surface area contributed by atoms with Gasteiger partial charge in [0, 0.05) is 22.8 Å². The molecule has 0 saturated heterocycles. The average Bonchev–Trinajstić information content (AvgIpc) is 2.49. The summed E-state index contributed by atoms with van der Waals surface area (Å²) in [5.74, 6) is -0.150. The lowest BCUT2D eigenvalue weighted by molar-refractivity contribution is -0.117. The second-order valence-electron chi connectivity index (χ2n) is 5.48. The van der Waals surface area contributed by atoms with Gasteiger partial charge >= 0.3 is 0 Å². The number of amides is 1.